The first-order valence-electron chi connectivity index (χ1n) is 15.8. The molecule has 0 aliphatic carbocycles. The van der Waals surface area contributed by atoms with Gasteiger partial charge in [-0.05, 0) is 74.6 Å². The largest absolute Gasteiger partial charge is 0.492 e. The number of carbonyl (C=O) groups excluding carboxylic acids is 2. The lowest BCUT2D eigenvalue weighted by atomic mass is 9.86. The molecule has 1 atom stereocenters. The molecule has 3 aromatic rings. The first-order valence-corrected chi connectivity index (χ1v) is 17.7. The van der Waals surface area contributed by atoms with Crippen molar-refractivity contribution in [2.45, 2.75) is 65.7 Å². The van der Waals surface area contributed by atoms with Crippen LogP contribution in [0.2, 0.25) is 0 Å². The summed E-state index contributed by atoms with van der Waals surface area (Å²) < 4.78 is 43.7. The Balaban J connectivity index is 1.51. The fourth-order valence-electron chi connectivity index (χ4n) is 5.08. The van der Waals surface area contributed by atoms with Crippen LogP contribution in [0.3, 0.4) is 0 Å². The number of rotatable bonds is 9. The van der Waals surface area contributed by atoms with Crippen molar-refractivity contribution < 1.29 is 37.3 Å². The number of aliphatic hydroxyl groups excluding tert-OH is 1. The number of aliphatic hydroxyl groups is 1. The Kier molecular flexibility index (Phi) is 11.1. The van der Waals surface area contributed by atoms with Crippen molar-refractivity contribution in [3.05, 3.63) is 65.1 Å². The third-order valence-electron chi connectivity index (χ3n) is 7.43. The first kappa shape index (κ1) is 37.4. The smallest absolute Gasteiger partial charge is 0.410 e. The van der Waals surface area contributed by atoms with Crippen LogP contribution in [0, 0.1) is 6.92 Å². The maximum Gasteiger partial charge on any atom is 0.410 e. The van der Waals surface area contributed by atoms with E-state index in [1.807, 2.05) is 48.5 Å². The molecule has 49 heavy (non-hydrogen) atoms. The average molecular weight is 699 g/mol. The van der Waals surface area contributed by atoms with E-state index in [0.717, 1.165) is 17.4 Å². The van der Waals surface area contributed by atoms with Crippen LogP contribution in [-0.2, 0) is 20.2 Å². The average Bonchev–Trinajstić information content (AvgIpc) is 2.98. The molecule has 2 heterocycles. The number of benzene rings is 2. The summed E-state index contributed by atoms with van der Waals surface area (Å²) in [7, 11) is -2.25. The zero-order valence-corrected chi connectivity index (χ0v) is 30.3. The van der Waals surface area contributed by atoms with Gasteiger partial charge in [-0.15, -0.1) is 0 Å². The molecule has 3 N–H and O–H groups in total. The highest BCUT2D eigenvalue weighted by molar-refractivity contribution is 7.92. The normalized spacial score (nSPS) is 14.9. The van der Waals surface area contributed by atoms with E-state index < -0.39 is 33.9 Å². The van der Waals surface area contributed by atoms with Gasteiger partial charge in [0.05, 0.1) is 24.7 Å². The molecule has 0 bridgehead atoms. The number of amides is 2. The number of aromatic nitrogens is 2. The molecule has 0 radical (unpaired) electrons. The van der Waals surface area contributed by atoms with E-state index in [-0.39, 0.29) is 39.8 Å². The molecule has 0 saturated carbocycles. The lowest BCUT2D eigenvalue weighted by Gasteiger charge is -2.37. The van der Waals surface area contributed by atoms with Gasteiger partial charge >= 0.3 is 6.09 Å². The highest BCUT2D eigenvalue weighted by Crippen LogP contribution is 2.39. The van der Waals surface area contributed by atoms with Crippen molar-refractivity contribution in [2.24, 2.45) is 0 Å². The molecule has 1 fully saturated rings. The van der Waals surface area contributed by atoms with Gasteiger partial charge in [0.15, 0.2) is 17.8 Å². The first-order chi connectivity index (χ1) is 22.7. The minimum Gasteiger partial charge on any atom is -0.492 e. The fourth-order valence-corrected chi connectivity index (χ4v) is 5.63. The summed E-state index contributed by atoms with van der Waals surface area (Å²) in [4.78, 5) is 38.0. The van der Waals surface area contributed by atoms with Gasteiger partial charge < -0.3 is 29.5 Å². The number of sulfonamides is 1. The summed E-state index contributed by atoms with van der Waals surface area (Å²) in [6, 6.07) is 9.95. The second kappa shape index (κ2) is 14.6. The third kappa shape index (κ3) is 10.3. The number of nitrogens with one attached hydrogen (secondary N) is 2. The SMILES string of the molecule is COc1c(NC(=O)c2cc(C)cc(Oc3ccnc(C(O)N4CCN(C(=O)OC(C)(C)C)CC4)n3)c2)cc(C(C)(C)C)cc1NS(C)(=O)=O. The van der Waals surface area contributed by atoms with Crippen LogP contribution < -0.4 is 19.5 Å². The van der Waals surface area contributed by atoms with Crippen molar-refractivity contribution >= 4 is 33.4 Å². The molecule has 1 unspecified atom stereocenters. The summed E-state index contributed by atoms with van der Waals surface area (Å²) in [5.74, 6) is 0.287. The zero-order valence-electron chi connectivity index (χ0n) is 29.4. The van der Waals surface area contributed by atoms with E-state index in [9.17, 15) is 23.1 Å². The van der Waals surface area contributed by atoms with Crippen LogP contribution in [0.25, 0.3) is 0 Å². The Morgan fingerprint density at radius 2 is 1.63 bits per heavy atom. The van der Waals surface area contributed by atoms with Crippen LogP contribution in [0.5, 0.6) is 17.4 Å². The summed E-state index contributed by atoms with van der Waals surface area (Å²) in [6.45, 7) is 14.7. The molecular weight excluding hydrogens is 652 g/mol. The number of anilines is 2. The van der Waals surface area contributed by atoms with E-state index in [4.69, 9.17) is 14.2 Å². The lowest BCUT2D eigenvalue weighted by Crippen LogP contribution is -2.51. The van der Waals surface area contributed by atoms with Gasteiger partial charge in [0, 0.05) is 44.0 Å². The fraction of sp³-hybridized carbons (Fsp3) is 0.471. The Morgan fingerprint density at radius 1 is 0.980 bits per heavy atom. The quantitative estimate of drug-likeness (QED) is 0.273. The Bertz CT molecular complexity index is 1790. The van der Waals surface area contributed by atoms with Crippen LogP contribution >= 0.6 is 0 Å². The summed E-state index contributed by atoms with van der Waals surface area (Å²) >= 11 is 0. The standard InChI is InChI=1S/C34H46N6O8S/c1-21-16-22(30(41)36-25-19-23(33(2,3)4)20-26(28(25)46-8)38-49(9,44)45)18-24(17-21)47-27-10-11-35-29(37-27)31(42)39-12-14-40(15-13-39)32(43)48-34(5,6)7/h10-11,16-20,31,38,42H,12-15H2,1-9H3,(H,36,41). The Hall–Kier alpha value is -4.47. The van der Waals surface area contributed by atoms with E-state index in [1.54, 1.807) is 40.1 Å². The number of aryl methyl sites for hydroxylation is 1. The summed E-state index contributed by atoms with van der Waals surface area (Å²) in [5, 5.41) is 13.9. The van der Waals surface area contributed by atoms with E-state index in [2.05, 4.69) is 20.0 Å². The molecule has 1 saturated heterocycles. The van der Waals surface area contributed by atoms with E-state index in [0.29, 0.717) is 31.9 Å². The van der Waals surface area contributed by atoms with Crippen molar-refractivity contribution in [1.29, 1.82) is 0 Å². The number of hydrogen-bond acceptors (Lipinski definition) is 11. The van der Waals surface area contributed by atoms with Crippen molar-refractivity contribution in [1.82, 2.24) is 19.8 Å². The van der Waals surface area contributed by atoms with Crippen LogP contribution in [0.15, 0.2) is 42.6 Å². The molecule has 4 rings (SSSR count). The van der Waals surface area contributed by atoms with Gasteiger partial charge in [-0.3, -0.25) is 14.4 Å². The minimum atomic E-state index is -3.64. The van der Waals surface area contributed by atoms with Crippen LogP contribution in [0.1, 0.15) is 75.1 Å². The number of hydrogen-bond donors (Lipinski definition) is 3. The molecule has 14 nitrogen and oxygen atoms in total. The Morgan fingerprint density at radius 3 is 2.22 bits per heavy atom. The molecule has 1 aliphatic rings. The third-order valence-corrected chi connectivity index (χ3v) is 8.02. The predicted octanol–water partition coefficient (Wildman–Crippen LogP) is 5.05. The van der Waals surface area contributed by atoms with Gasteiger partial charge in [0.25, 0.3) is 5.91 Å². The number of carbonyl (C=O) groups is 2. The van der Waals surface area contributed by atoms with Gasteiger partial charge in [0.2, 0.25) is 15.9 Å². The summed E-state index contributed by atoms with van der Waals surface area (Å²) in [5.41, 5.74) is 1.29. The maximum atomic E-state index is 13.6. The van der Waals surface area contributed by atoms with Crippen LogP contribution in [-0.4, -0.2) is 90.4 Å². The van der Waals surface area contributed by atoms with E-state index in [1.165, 1.54) is 19.4 Å². The van der Waals surface area contributed by atoms with Gasteiger partial charge in [-0.2, -0.15) is 4.98 Å². The molecule has 266 valence electrons. The van der Waals surface area contributed by atoms with Crippen molar-refractivity contribution in [2.75, 3.05) is 49.6 Å². The second-order valence-electron chi connectivity index (χ2n) is 13.9. The van der Waals surface area contributed by atoms with E-state index >= 15 is 0 Å². The highest BCUT2D eigenvalue weighted by atomic mass is 32.2. The molecule has 0 spiro atoms. The van der Waals surface area contributed by atoms with Gasteiger partial charge in [-0.1, -0.05) is 20.8 Å². The molecular formula is C34H46N6O8S. The predicted molar refractivity (Wildman–Crippen MR) is 186 cm³/mol. The second-order valence-corrected chi connectivity index (χ2v) is 15.7. The molecule has 1 aromatic heterocycles. The molecule has 1 aliphatic heterocycles. The van der Waals surface area contributed by atoms with Crippen LogP contribution in [0.4, 0.5) is 16.2 Å². The Labute approximate surface area is 287 Å². The molecule has 2 aromatic carbocycles. The topological polar surface area (TPSA) is 173 Å². The molecule has 2 amide bonds. The number of nitrogens with zero attached hydrogens (tertiary/aromatic N) is 4. The summed E-state index contributed by atoms with van der Waals surface area (Å²) in [6.07, 6.45) is 0.978. The highest BCUT2D eigenvalue weighted by Gasteiger charge is 2.30. The minimum absolute atomic E-state index is 0.123. The van der Waals surface area contributed by atoms with Crippen molar-refractivity contribution in [3.63, 3.8) is 0 Å². The number of methoxy groups -OCH3 is 1. The van der Waals surface area contributed by atoms with Gasteiger partial charge in [0.1, 0.15) is 11.4 Å². The monoisotopic (exact) mass is 698 g/mol. The number of ether oxygens (including phenoxy) is 3. The number of piperazine rings is 1. The molecule has 15 heteroatoms. The maximum absolute atomic E-state index is 13.6. The van der Waals surface area contributed by atoms with Gasteiger partial charge in [-0.25, -0.2) is 18.2 Å². The zero-order chi connectivity index (χ0) is 36.3. The lowest BCUT2D eigenvalue weighted by molar-refractivity contribution is -0.0396. The van der Waals surface area contributed by atoms with Crippen molar-refractivity contribution in [3.8, 4) is 17.4 Å².